The van der Waals surface area contributed by atoms with E-state index >= 15 is 0 Å². The lowest BCUT2D eigenvalue weighted by molar-refractivity contribution is 0.0982. The predicted molar refractivity (Wildman–Crippen MR) is 98.7 cm³/mol. The number of thioether (sulfide) groups is 1. The second kappa shape index (κ2) is 7.44. The summed E-state index contributed by atoms with van der Waals surface area (Å²) < 4.78 is 2.73. The fraction of sp³-hybridized carbons (Fsp3) is 0.294. The van der Waals surface area contributed by atoms with E-state index in [4.69, 9.17) is 0 Å². The van der Waals surface area contributed by atoms with E-state index in [-0.39, 0.29) is 5.78 Å². The zero-order valence-electron chi connectivity index (χ0n) is 13.5. The third kappa shape index (κ3) is 4.02. The van der Waals surface area contributed by atoms with E-state index < -0.39 is 0 Å². The van der Waals surface area contributed by atoms with Gasteiger partial charge in [0.25, 0.3) is 5.78 Å². The Kier molecular flexibility index (Phi) is 5.30. The van der Waals surface area contributed by atoms with Gasteiger partial charge in [0.2, 0.25) is 5.16 Å². The molecule has 0 N–H and O–H groups in total. The summed E-state index contributed by atoms with van der Waals surface area (Å²) in [6.07, 6.45) is 1.32. The number of hydrogen-bond donors (Lipinski definition) is 0. The molecule has 0 amide bonds. The van der Waals surface area contributed by atoms with Gasteiger partial charge in [0.15, 0.2) is 5.78 Å². The number of halogens is 1. The van der Waals surface area contributed by atoms with Crippen LogP contribution >= 0.6 is 27.7 Å². The van der Waals surface area contributed by atoms with Crippen LogP contribution in [0.4, 0.5) is 0 Å². The number of benzene rings is 1. The highest BCUT2D eigenvalue weighted by Crippen LogP contribution is 2.18. The Balaban J connectivity index is 1.54. The van der Waals surface area contributed by atoms with Crippen molar-refractivity contribution in [2.24, 2.45) is 0 Å². The summed E-state index contributed by atoms with van der Waals surface area (Å²) in [6.45, 7) is 3.93. The Bertz CT molecular complexity index is 876. The molecular formula is C17H17BrN4OS. The molecule has 124 valence electrons. The molecule has 1 aromatic carbocycles. The lowest BCUT2D eigenvalue weighted by Crippen LogP contribution is -1.99. The number of carbonyl (C=O) groups is 1. The molecule has 0 unspecified atom stereocenters. The van der Waals surface area contributed by atoms with Gasteiger partial charge in [-0.25, -0.2) is 9.50 Å². The van der Waals surface area contributed by atoms with Gasteiger partial charge in [0, 0.05) is 33.6 Å². The highest BCUT2D eigenvalue weighted by molar-refractivity contribution is 9.10. The minimum absolute atomic E-state index is 0.166. The number of aryl methyl sites for hydroxylation is 2. The molecule has 0 saturated carbocycles. The molecule has 0 aliphatic heterocycles. The van der Waals surface area contributed by atoms with Crippen LogP contribution in [0.5, 0.6) is 0 Å². The van der Waals surface area contributed by atoms with E-state index in [1.165, 1.54) is 0 Å². The summed E-state index contributed by atoms with van der Waals surface area (Å²) >= 11 is 4.93. The topological polar surface area (TPSA) is 60.2 Å². The molecule has 5 nitrogen and oxygen atoms in total. The second-order valence-corrected chi connectivity index (χ2v) is 7.50. The van der Waals surface area contributed by atoms with Crippen molar-refractivity contribution in [1.82, 2.24) is 19.6 Å². The Morgan fingerprint density at radius 2 is 1.96 bits per heavy atom. The van der Waals surface area contributed by atoms with Crippen LogP contribution in [0.2, 0.25) is 0 Å². The van der Waals surface area contributed by atoms with Gasteiger partial charge < -0.3 is 0 Å². The van der Waals surface area contributed by atoms with Crippen LogP contribution in [-0.4, -0.2) is 31.1 Å². The molecule has 3 rings (SSSR count). The summed E-state index contributed by atoms with van der Waals surface area (Å²) in [6, 6.07) is 9.45. The fourth-order valence-electron chi connectivity index (χ4n) is 2.39. The van der Waals surface area contributed by atoms with Crippen molar-refractivity contribution < 1.29 is 4.79 Å². The lowest BCUT2D eigenvalue weighted by atomic mass is 10.1. The van der Waals surface area contributed by atoms with E-state index in [0.29, 0.717) is 17.4 Å². The summed E-state index contributed by atoms with van der Waals surface area (Å²) in [5.41, 5.74) is 2.70. The monoisotopic (exact) mass is 404 g/mol. The van der Waals surface area contributed by atoms with E-state index in [9.17, 15) is 4.79 Å². The molecule has 0 atom stereocenters. The highest BCUT2D eigenvalue weighted by Gasteiger charge is 2.09. The van der Waals surface area contributed by atoms with Gasteiger partial charge >= 0.3 is 0 Å². The van der Waals surface area contributed by atoms with Crippen LogP contribution in [-0.2, 0) is 0 Å². The van der Waals surface area contributed by atoms with Crippen LogP contribution in [0.15, 0.2) is 40.0 Å². The first kappa shape index (κ1) is 17.1. The number of Topliss-reactive ketones (excluding diaryl/α,β-unsaturated/α-hetero) is 1. The molecule has 2 heterocycles. The molecular weight excluding hydrogens is 388 g/mol. The molecule has 0 aliphatic rings. The Morgan fingerprint density at radius 3 is 2.71 bits per heavy atom. The Hall–Kier alpha value is -1.73. The van der Waals surface area contributed by atoms with Crippen LogP contribution in [0.3, 0.4) is 0 Å². The zero-order valence-corrected chi connectivity index (χ0v) is 15.9. The van der Waals surface area contributed by atoms with Crippen molar-refractivity contribution in [3.63, 3.8) is 0 Å². The van der Waals surface area contributed by atoms with Crippen molar-refractivity contribution >= 4 is 39.3 Å². The number of hydrogen-bond acceptors (Lipinski definition) is 5. The number of rotatable bonds is 6. The van der Waals surface area contributed by atoms with Crippen molar-refractivity contribution in [2.75, 3.05) is 5.75 Å². The minimum Gasteiger partial charge on any atom is -0.294 e. The summed E-state index contributed by atoms with van der Waals surface area (Å²) in [4.78, 5) is 20.9. The van der Waals surface area contributed by atoms with Crippen molar-refractivity contribution in [1.29, 1.82) is 0 Å². The highest BCUT2D eigenvalue weighted by atomic mass is 79.9. The SMILES string of the molecule is Cc1cc(C)n2nc(SCCCC(=O)c3ccc(Br)cc3)nc2n1. The van der Waals surface area contributed by atoms with Gasteiger partial charge in [-0.3, -0.25) is 4.79 Å². The molecule has 0 fully saturated rings. The molecule has 0 radical (unpaired) electrons. The smallest absolute Gasteiger partial charge is 0.253 e. The van der Waals surface area contributed by atoms with Crippen LogP contribution in [0.1, 0.15) is 34.6 Å². The first-order chi connectivity index (χ1) is 11.5. The maximum absolute atomic E-state index is 12.1. The molecule has 0 saturated heterocycles. The van der Waals surface area contributed by atoms with E-state index in [0.717, 1.165) is 33.6 Å². The van der Waals surface area contributed by atoms with Crippen LogP contribution in [0, 0.1) is 13.8 Å². The van der Waals surface area contributed by atoms with Gasteiger partial charge in [-0.2, -0.15) is 4.98 Å². The average molecular weight is 405 g/mol. The van der Waals surface area contributed by atoms with Gasteiger partial charge in [0.1, 0.15) is 0 Å². The number of fused-ring (bicyclic) bond motifs is 1. The van der Waals surface area contributed by atoms with Gasteiger partial charge in [-0.15, -0.1) is 5.10 Å². The first-order valence-electron chi connectivity index (χ1n) is 7.65. The quantitative estimate of drug-likeness (QED) is 0.349. The average Bonchev–Trinajstić information content (AvgIpc) is 2.95. The lowest BCUT2D eigenvalue weighted by Gasteiger charge is -2.00. The fourth-order valence-corrected chi connectivity index (χ4v) is 3.41. The first-order valence-corrected chi connectivity index (χ1v) is 9.43. The van der Waals surface area contributed by atoms with Gasteiger partial charge in [0.05, 0.1) is 0 Å². The number of ketones is 1. The molecule has 2 aromatic heterocycles. The van der Waals surface area contributed by atoms with E-state index in [1.54, 1.807) is 16.3 Å². The van der Waals surface area contributed by atoms with Gasteiger partial charge in [-0.05, 0) is 38.5 Å². The Morgan fingerprint density at radius 1 is 1.21 bits per heavy atom. The molecule has 0 spiro atoms. The largest absolute Gasteiger partial charge is 0.294 e. The standard InChI is InChI=1S/C17H17BrN4OS/c1-11-10-12(2)22-16(19-11)20-17(21-22)24-9-3-4-15(23)13-5-7-14(18)8-6-13/h5-8,10H,3-4,9H2,1-2H3. The van der Waals surface area contributed by atoms with Crippen LogP contribution < -0.4 is 0 Å². The normalized spacial score (nSPS) is 11.1. The Labute approximate surface area is 153 Å². The zero-order chi connectivity index (χ0) is 17.1. The molecule has 7 heteroatoms. The molecule has 0 bridgehead atoms. The molecule has 24 heavy (non-hydrogen) atoms. The number of nitrogens with zero attached hydrogens (tertiary/aromatic N) is 4. The summed E-state index contributed by atoms with van der Waals surface area (Å²) in [7, 11) is 0. The third-order valence-corrected chi connectivity index (χ3v) is 5.00. The maximum Gasteiger partial charge on any atom is 0.253 e. The number of aromatic nitrogens is 4. The predicted octanol–water partition coefficient (Wildman–Crippen LogP) is 4.26. The van der Waals surface area contributed by atoms with E-state index in [1.807, 2.05) is 44.2 Å². The molecule has 0 aliphatic carbocycles. The van der Waals surface area contributed by atoms with Crippen molar-refractivity contribution in [3.8, 4) is 0 Å². The van der Waals surface area contributed by atoms with Crippen molar-refractivity contribution in [3.05, 3.63) is 51.8 Å². The second-order valence-electron chi connectivity index (χ2n) is 5.53. The minimum atomic E-state index is 0.166. The van der Waals surface area contributed by atoms with Crippen LogP contribution in [0.25, 0.3) is 5.78 Å². The third-order valence-electron chi connectivity index (χ3n) is 3.54. The summed E-state index contributed by atoms with van der Waals surface area (Å²) in [5.74, 6) is 1.59. The number of carbonyl (C=O) groups excluding carboxylic acids is 1. The maximum atomic E-state index is 12.1. The van der Waals surface area contributed by atoms with Crippen molar-refractivity contribution in [2.45, 2.75) is 31.8 Å². The summed E-state index contributed by atoms with van der Waals surface area (Å²) in [5, 5.41) is 5.15. The van der Waals surface area contributed by atoms with E-state index in [2.05, 4.69) is 31.0 Å². The van der Waals surface area contributed by atoms with Gasteiger partial charge in [-0.1, -0.05) is 39.8 Å². The molecule has 3 aromatic rings.